The van der Waals surface area contributed by atoms with Crippen molar-refractivity contribution in [3.63, 3.8) is 0 Å². The Bertz CT molecular complexity index is 195. The number of rotatable bonds is 2. The van der Waals surface area contributed by atoms with Gasteiger partial charge < -0.3 is 5.32 Å². The van der Waals surface area contributed by atoms with Crippen LogP contribution in [0.5, 0.6) is 0 Å². The highest BCUT2D eigenvalue weighted by Gasteiger charge is 2.18. The van der Waals surface area contributed by atoms with Gasteiger partial charge in [-0.05, 0) is 0 Å². The third kappa shape index (κ3) is 1.31. The van der Waals surface area contributed by atoms with Gasteiger partial charge in [0.25, 0.3) is 0 Å². The van der Waals surface area contributed by atoms with Crippen molar-refractivity contribution in [1.82, 2.24) is 15.5 Å². The van der Waals surface area contributed by atoms with E-state index in [9.17, 15) is 0 Å². The summed E-state index contributed by atoms with van der Waals surface area (Å²) in [6.45, 7) is 2.23. The third-order valence-corrected chi connectivity index (χ3v) is 3.36. The Morgan fingerprint density at radius 3 is 3.10 bits per heavy atom. The molecule has 10 heavy (non-hydrogen) atoms. The standard InChI is InChI=1S/C5H7N3S2/c1-4(2-6-1)10-5-8-7-3-9-5/h3-4,6H,1-2H2. The summed E-state index contributed by atoms with van der Waals surface area (Å²) in [7, 11) is 0. The number of aromatic nitrogens is 2. The summed E-state index contributed by atoms with van der Waals surface area (Å²) in [6, 6.07) is 0. The maximum atomic E-state index is 3.94. The first-order valence-corrected chi connectivity index (χ1v) is 4.84. The lowest BCUT2D eigenvalue weighted by atomic mass is 10.3. The molecule has 0 amide bonds. The van der Waals surface area contributed by atoms with E-state index in [1.807, 2.05) is 11.8 Å². The number of thioether (sulfide) groups is 1. The van der Waals surface area contributed by atoms with Gasteiger partial charge in [-0.25, -0.2) is 0 Å². The number of hydrogen-bond acceptors (Lipinski definition) is 5. The minimum absolute atomic E-state index is 0.730. The molecule has 1 aromatic rings. The van der Waals surface area contributed by atoms with Crippen molar-refractivity contribution in [2.24, 2.45) is 0 Å². The van der Waals surface area contributed by atoms with E-state index in [4.69, 9.17) is 0 Å². The molecule has 1 N–H and O–H groups in total. The first-order chi connectivity index (χ1) is 4.95. The molecule has 0 spiro atoms. The van der Waals surface area contributed by atoms with Crippen molar-refractivity contribution >= 4 is 23.1 Å². The van der Waals surface area contributed by atoms with Crippen LogP contribution in [-0.4, -0.2) is 28.5 Å². The van der Waals surface area contributed by atoms with Crippen LogP contribution in [0.15, 0.2) is 9.85 Å². The van der Waals surface area contributed by atoms with E-state index >= 15 is 0 Å². The molecule has 0 saturated carbocycles. The van der Waals surface area contributed by atoms with E-state index in [1.165, 1.54) is 0 Å². The van der Waals surface area contributed by atoms with Gasteiger partial charge in [-0.15, -0.1) is 10.2 Å². The molecule has 3 nitrogen and oxygen atoms in total. The Labute approximate surface area is 67.2 Å². The molecule has 5 heteroatoms. The van der Waals surface area contributed by atoms with Gasteiger partial charge in [0, 0.05) is 18.3 Å². The number of hydrogen-bond donors (Lipinski definition) is 1. The maximum Gasteiger partial charge on any atom is 0.174 e. The lowest BCUT2D eigenvalue weighted by Gasteiger charge is -2.24. The normalized spacial score (nSPS) is 18.8. The third-order valence-electron chi connectivity index (χ3n) is 1.35. The van der Waals surface area contributed by atoms with Crippen molar-refractivity contribution < 1.29 is 0 Å². The summed E-state index contributed by atoms with van der Waals surface area (Å²) < 4.78 is 1.09. The van der Waals surface area contributed by atoms with E-state index in [2.05, 4.69) is 15.5 Å². The lowest BCUT2D eigenvalue weighted by Crippen LogP contribution is -2.44. The maximum absolute atomic E-state index is 3.94. The Hall–Kier alpha value is -0.130. The topological polar surface area (TPSA) is 37.8 Å². The molecule has 0 unspecified atom stereocenters. The fraction of sp³-hybridized carbons (Fsp3) is 0.600. The molecule has 0 radical (unpaired) electrons. The van der Waals surface area contributed by atoms with Gasteiger partial charge in [0.2, 0.25) is 0 Å². The fourth-order valence-electron chi connectivity index (χ4n) is 0.702. The molecular weight excluding hydrogens is 166 g/mol. The summed E-state index contributed by atoms with van der Waals surface area (Å²) in [6.07, 6.45) is 0. The molecule has 0 aliphatic carbocycles. The second-order valence-corrected chi connectivity index (χ2v) is 4.48. The molecule has 1 saturated heterocycles. The first-order valence-electron chi connectivity index (χ1n) is 3.09. The van der Waals surface area contributed by atoms with Crippen LogP contribution < -0.4 is 5.32 Å². The molecule has 1 aromatic heterocycles. The molecule has 1 fully saturated rings. The summed E-state index contributed by atoms with van der Waals surface area (Å²) in [5.74, 6) is 0. The molecule has 0 bridgehead atoms. The van der Waals surface area contributed by atoms with Crippen LogP contribution in [0.3, 0.4) is 0 Å². The second kappa shape index (κ2) is 2.86. The SMILES string of the molecule is c1nnc(SC2CNC2)s1. The van der Waals surface area contributed by atoms with Crippen molar-refractivity contribution in [2.75, 3.05) is 13.1 Å². The minimum Gasteiger partial charge on any atom is -0.314 e. The van der Waals surface area contributed by atoms with Crippen molar-refractivity contribution in [3.05, 3.63) is 5.51 Å². The van der Waals surface area contributed by atoms with Crippen LogP contribution in [0.2, 0.25) is 0 Å². The van der Waals surface area contributed by atoms with E-state index in [0.717, 1.165) is 22.7 Å². The molecule has 1 aliphatic rings. The zero-order valence-electron chi connectivity index (χ0n) is 5.28. The van der Waals surface area contributed by atoms with E-state index < -0.39 is 0 Å². The van der Waals surface area contributed by atoms with E-state index in [0.29, 0.717) is 0 Å². The van der Waals surface area contributed by atoms with Gasteiger partial charge in [-0.1, -0.05) is 23.1 Å². The largest absolute Gasteiger partial charge is 0.314 e. The average molecular weight is 173 g/mol. The van der Waals surface area contributed by atoms with Crippen LogP contribution in [0.4, 0.5) is 0 Å². The van der Waals surface area contributed by atoms with Gasteiger partial charge >= 0.3 is 0 Å². The predicted octanol–water partition coefficient (Wildman–Crippen LogP) is 0.602. The Kier molecular flexibility index (Phi) is 1.88. The predicted molar refractivity (Wildman–Crippen MR) is 42.4 cm³/mol. The summed E-state index contributed by atoms with van der Waals surface area (Å²) >= 11 is 3.43. The van der Waals surface area contributed by atoms with E-state index in [1.54, 1.807) is 16.8 Å². The van der Waals surface area contributed by atoms with Crippen molar-refractivity contribution in [2.45, 2.75) is 9.59 Å². The molecule has 1 aliphatic heterocycles. The van der Waals surface area contributed by atoms with Gasteiger partial charge in [0.05, 0.1) is 0 Å². The van der Waals surface area contributed by atoms with Crippen LogP contribution in [0, 0.1) is 0 Å². The highest BCUT2D eigenvalue weighted by atomic mass is 32.2. The van der Waals surface area contributed by atoms with Crippen LogP contribution in [0.1, 0.15) is 0 Å². The number of nitrogens with zero attached hydrogens (tertiary/aromatic N) is 2. The summed E-state index contributed by atoms with van der Waals surface area (Å²) in [5.41, 5.74) is 1.77. The molecule has 0 atom stereocenters. The summed E-state index contributed by atoms with van der Waals surface area (Å²) in [4.78, 5) is 0. The Morgan fingerprint density at radius 1 is 1.70 bits per heavy atom. The van der Waals surface area contributed by atoms with Gasteiger partial charge in [0.15, 0.2) is 4.34 Å². The zero-order chi connectivity index (χ0) is 6.81. The molecular formula is C5H7N3S2. The van der Waals surface area contributed by atoms with E-state index in [-0.39, 0.29) is 0 Å². The molecule has 0 aromatic carbocycles. The van der Waals surface area contributed by atoms with Gasteiger partial charge in [-0.2, -0.15) is 0 Å². The quantitative estimate of drug-likeness (QED) is 0.711. The van der Waals surface area contributed by atoms with Crippen LogP contribution in [0.25, 0.3) is 0 Å². The first kappa shape index (κ1) is 6.57. The van der Waals surface area contributed by atoms with Crippen molar-refractivity contribution in [3.8, 4) is 0 Å². The lowest BCUT2D eigenvalue weighted by molar-refractivity contribution is 0.543. The highest BCUT2D eigenvalue weighted by molar-refractivity contribution is 8.01. The Balaban J connectivity index is 1.90. The zero-order valence-corrected chi connectivity index (χ0v) is 6.91. The highest BCUT2D eigenvalue weighted by Crippen LogP contribution is 2.25. The molecule has 2 heterocycles. The van der Waals surface area contributed by atoms with Crippen molar-refractivity contribution in [1.29, 1.82) is 0 Å². The smallest absolute Gasteiger partial charge is 0.174 e. The molecule has 2 rings (SSSR count). The number of nitrogens with one attached hydrogen (secondary N) is 1. The fourth-order valence-corrected chi connectivity index (χ4v) is 2.52. The van der Waals surface area contributed by atoms with Crippen LogP contribution >= 0.6 is 23.1 Å². The second-order valence-electron chi connectivity index (χ2n) is 2.10. The summed E-state index contributed by atoms with van der Waals surface area (Å²) in [5, 5.41) is 11.6. The minimum atomic E-state index is 0.730. The molecule has 54 valence electrons. The van der Waals surface area contributed by atoms with Gasteiger partial charge in [0.1, 0.15) is 5.51 Å². The van der Waals surface area contributed by atoms with Crippen LogP contribution in [-0.2, 0) is 0 Å². The monoisotopic (exact) mass is 173 g/mol. The van der Waals surface area contributed by atoms with Gasteiger partial charge in [-0.3, -0.25) is 0 Å². The Morgan fingerprint density at radius 2 is 2.60 bits per heavy atom. The average Bonchev–Trinajstić information content (AvgIpc) is 2.29.